The van der Waals surface area contributed by atoms with Crippen molar-refractivity contribution in [3.8, 4) is 0 Å². The van der Waals surface area contributed by atoms with Gasteiger partial charge < -0.3 is 9.73 Å². The molecule has 0 aromatic carbocycles. The highest BCUT2D eigenvalue weighted by Crippen LogP contribution is 2.49. The van der Waals surface area contributed by atoms with Crippen molar-refractivity contribution in [3.63, 3.8) is 0 Å². The fraction of sp³-hybridized carbons (Fsp3) is 0.562. The van der Waals surface area contributed by atoms with Crippen LogP contribution < -0.4 is 5.32 Å². The third-order valence-electron chi connectivity index (χ3n) is 4.80. The average Bonchev–Trinajstić information content (AvgIpc) is 3.12. The van der Waals surface area contributed by atoms with Crippen molar-refractivity contribution >= 4 is 34.6 Å². The molecule has 2 fully saturated rings. The van der Waals surface area contributed by atoms with E-state index in [9.17, 15) is 4.79 Å². The molecule has 3 nitrogen and oxygen atoms in total. The van der Waals surface area contributed by atoms with E-state index in [0.717, 1.165) is 21.4 Å². The number of fused-ring (bicyclic) bond motifs is 2. The summed E-state index contributed by atoms with van der Waals surface area (Å²) in [6.45, 7) is 2.15. The van der Waals surface area contributed by atoms with Gasteiger partial charge in [-0.3, -0.25) is 4.79 Å². The molecule has 2 aliphatic carbocycles. The Bertz CT molecular complexity index is 522. The van der Waals surface area contributed by atoms with Crippen LogP contribution in [0.4, 0.5) is 0 Å². The Morgan fingerprint density at radius 1 is 1.45 bits per heavy atom. The van der Waals surface area contributed by atoms with Gasteiger partial charge in [0.05, 0.1) is 0 Å². The molecule has 1 heterocycles. The quantitative estimate of drug-likeness (QED) is 0.632. The van der Waals surface area contributed by atoms with E-state index in [-0.39, 0.29) is 11.9 Å². The number of amides is 1. The van der Waals surface area contributed by atoms with Crippen molar-refractivity contribution in [2.45, 2.75) is 38.6 Å². The second-order valence-corrected chi connectivity index (χ2v) is 7.17. The van der Waals surface area contributed by atoms with Crippen molar-refractivity contribution < 1.29 is 9.21 Å². The molecule has 4 unspecified atom stereocenters. The molecule has 20 heavy (non-hydrogen) atoms. The zero-order valence-electron chi connectivity index (χ0n) is 11.6. The summed E-state index contributed by atoms with van der Waals surface area (Å²) < 4.78 is 6.23. The van der Waals surface area contributed by atoms with Crippen LogP contribution in [0.3, 0.4) is 0 Å². The SMILES string of the molecule is CC(NC(=O)/C=C/c1ccc(I)o1)C1CC2CCC1C2. The summed E-state index contributed by atoms with van der Waals surface area (Å²) >= 11 is 2.11. The number of carbonyl (C=O) groups is 1. The molecule has 1 N–H and O–H groups in total. The van der Waals surface area contributed by atoms with Crippen molar-refractivity contribution in [2.24, 2.45) is 17.8 Å². The minimum Gasteiger partial charge on any atom is -0.451 e. The summed E-state index contributed by atoms with van der Waals surface area (Å²) in [5.41, 5.74) is 0. The van der Waals surface area contributed by atoms with Gasteiger partial charge in [-0.15, -0.1) is 0 Å². The molecular weight excluding hydrogens is 365 g/mol. The van der Waals surface area contributed by atoms with Gasteiger partial charge in [-0.05, 0) is 84.7 Å². The van der Waals surface area contributed by atoms with Gasteiger partial charge in [0, 0.05) is 12.1 Å². The van der Waals surface area contributed by atoms with E-state index in [0.29, 0.717) is 5.92 Å². The first-order chi connectivity index (χ1) is 9.61. The Labute approximate surface area is 133 Å². The van der Waals surface area contributed by atoms with Crippen LogP contribution in [0.2, 0.25) is 0 Å². The summed E-state index contributed by atoms with van der Waals surface area (Å²) in [6, 6.07) is 4.03. The van der Waals surface area contributed by atoms with Crippen molar-refractivity contribution in [3.05, 3.63) is 27.7 Å². The van der Waals surface area contributed by atoms with Crippen LogP contribution in [0.1, 0.15) is 38.4 Å². The molecule has 4 heteroatoms. The number of hydrogen-bond acceptors (Lipinski definition) is 2. The molecular formula is C16H20INO2. The van der Waals surface area contributed by atoms with Gasteiger partial charge in [-0.25, -0.2) is 0 Å². The summed E-state index contributed by atoms with van der Waals surface area (Å²) in [7, 11) is 0. The number of halogens is 1. The maximum absolute atomic E-state index is 12.0. The zero-order chi connectivity index (χ0) is 14.1. The van der Waals surface area contributed by atoms with E-state index in [2.05, 4.69) is 34.8 Å². The molecule has 0 aliphatic heterocycles. The second kappa shape index (κ2) is 5.92. The molecule has 2 saturated carbocycles. The summed E-state index contributed by atoms with van der Waals surface area (Å²) in [5, 5.41) is 3.11. The Hall–Kier alpha value is -0.780. The molecule has 0 saturated heterocycles. The fourth-order valence-corrected chi connectivity index (χ4v) is 4.30. The number of furan rings is 1. The van der Waals surface area contributed by atoms with Crippen molar-refractivity contribution in [2.75, 3.05) is 0 Å². The summed E-state index contributed by atoms with van der Waals surface area (Å²) in [5.74, 6) is 3.13. The molecule has 3 rings (SSSR count). The predicted molar refractivity (Wildman–Crippen MR) is 87.0 cm³/mol. The van der Waals surface area contributed by atoms with E-state index in [4.69, 9.17) is 4.42 Å². The number of nitrogens with one attached hydrogen (secondary N) is 1. The average molecular weight is 385 g/mol. The van der Waals surface area contributed by atoms with Crippen molar-refractivity contribution in [1.29, 1.82) is 0 Å². The van der Waals surface area contributed by atoms with Gasteiger partial charge in [-0.2, -0.15) is 0 Å². The Kier molecular flexibility index (Phi) is 4.19. The summed E-state index contributed by atoms with van der Waals surface area (Å²) in [4.78, 5) is 12.0. The maximum Gasteiger partial charge on any atom is 0.244 e. The van der Waals surface area contributed by atoms with E-state index in [1.807, 2.05) is 12.1 Å². The first kappa shape index (κ1) is 14.2. The number of rotatable bonds is 4. The van der Waals surface area contributed by atoms with Gasteiger partial charge in [0.1, 0.15) is 5.76 Å². The first-order valence-corrected chi connectivity index (χ1v) is 8.43. The van der Waals surface area contributed by atoms with Crippen LogP contribution in [-0.4, -0.2) is 11.9 Å². The highest BCUT2D eigenvalue weighted by atomic mass is 127. The van der Waals surface area contributed by atoms with Crippen LogP contribution in [-0.2, 0) is 4.79 Å². The van der Waals surface area contributed by atoms with E-state index in [1.54, 1.807) is 12.2 Å². The lowest BCUT2D eigenvalue weighted by molar-refractivity contribution is -0.117. The molecule has 1 amide bonds. The van der Waals surface area contributed by atoms with Crippen LogP contribution in [0.5, 0.6) is 0 Å². The lowest BCUT2D eigenvalue weighted by Crippen LogP contribution is -2.39. The Morgan fingerprint density at radius 3 is 2.90 bits per heavy atom. The van der Waals surface area contributed by atoms with Crippen LogP contribution in [0.25, 0.3) is 6.08 Å². The van der Waals surface area contributed by atoms with E-state index >= 15 is 0 Å². The Morgan fingerprint density at radius 2 is 2.30 bits per heavy atom. The molecule has 4 atom stereocenters. The minimum absolute atomic E-state index is 0.0216. The third-order valence-corrected chi connectivity index (χ3v) is 5.38. The highest BCUT2D eigenvalue weighted by Gasteiger charge is 2.41. The first-order valence-electron chi connectivity index (χ1n) is 7.35. The zero-order valence-corrected chi connectivity index (χ0v) is 13.8. The minimum atomic E-state index is -0.0216. The smallest absolute Gasteiger partial charge is 0.244 e. The molecule has 2 aliphatic rings. The number of carbonyl (C=O) groups excluding carboxylic acids is 1. The third kappa shape index (κ3) is 3.10. The van der Waals surface area contributed by atoms with Gasteiger partial charge in [0.15, 0.2) is 3.77 Å². The monoisotopic (exact) mass is 385 g/mol. The largest absolute Gasteiger partial charge is 0.451 e. The molecule has 1 aromatic rings. The van der Waals surface area contributed by atoms with Gasteiger partial charge in [0.2, 0.25) is 5.91 Å². The standard InChI is InChI=1S/C16H20INO2/c1-10(14-9-11-2-3-12(14)8-11)18-16(19)7-5-13-4-6-15(17)20-13/h4-7,10-12,14H,2-3,8-9H2,1H3,(H,18,19)/b7-5+. The Balaban J connectivity index is 1.52. The molecule has 108 valence electrons. The topological polar surface area (TPSA) is 42.2 Å². The number of hydrogen-bond donors (Lipinski definition) is 1. The normalized spacial score (nSPS) is 30.0. The molecule has 2 bridgehead atoms. The highest BCUT2D eigenvalue weighted by molar-refractivity contribution is 14.1. The predicted octanol–water partition coefficient (Wildman–Crippen LogP) is 3.84. The van der Waals surface area contributed by atoms with Crippen molar-refractivity contribution in [1.82, 2.24) is 5.32 Å². The second-order valence-electron chi connectivity index (χ2n) is 6.11. The molecule has 0 spiro atoms. The lowest BCUT2D eigenvalue weighted by atomic mass is 9.84. The maximum atomic E-state index is 12.0. The van der Waals surface area contributed by atoms with E-state index < -0.39 is 0 Å². The van der Waals surface area contributed by atoms with Gasteiger partial charge >= 0.3 is 0 Å². The molecule has 1 aromatic heterocycles. The van der Waals surface area contributed by atoms with Crippen LogP contribution in [0, 0.1) is 21.5 Å². The van der Waals surface area contributed by atoms with Crippen LogP contribution in [0.15, 0.2) is 22.6 Å². The van der Waals surface area contributed by atoms with Gasteiger partial charge in [0.25, 0.3) is 0 Å². The van der Waals surface area contributed by atoms with E-state index in [1.165, 1.54) is 25.7 Å². The fourth-order valence-electron chi connectivity index (χ4n) is 3.86. The molecule has 0 radical (unpaired) electrons. The van der Waals surface area contributed by atoms with Gasteiger partial charge in [-0.1, -0.05) is 6.42 Å². The lowest BCUT2D eigenvalue weighted by Gasteiger charge is -2.28. The van der Waals surface area contributed by atoms with Crippen LogP contribution >= 0.6 is 22.6 Å². The summed E-state index contributed by atoms with van der Waals surface area (Å²) in [6.07, 6.45) is 8.73.